The van der Waals surface area contributed by atoms with E-state index < -0.39 is 5.97 Å². The molecule has 17 heavy (non-hydrogen) atoms. The van der Waals surface area contributed by atoms with Crippen molar-refractivity contribution < 1.29 is 9.90 Å². The molecule has 2 heterocycles. The standard InChI is InChI=1S/C12H18N2O2S/c1-7(2)9-4-5-14(6-9)12-13-8(3)10(17-12)11(15)16/h7,9H,4-6H2,1-3H3,(H,15,16). The quantitative estimate of drug-likeness (QED) is 0.901. The fraction of sp³-hybridized carbons (Fsp3) is 0.667. The van der Waals surface area contributed by atoms with Gasteiger partial charge in [-0.3, -0.25) is 0 Å². The molecule has 1 aliphatic rings. The van der Waals surface area contributed by atoms with Crippen LogP contribution in [-0.4, -0.2) is 29.1 Å². The van der Waals surface area contributed by atoms with E-state index in [-0.39, 0.29) is 0 Å². The van der Waals surface area contributed by atoms with Gasteiger partial charge >= 0.3 is 5.97 Å². The minimum Gasteiger partial charge on any atom is -0.477 e. The summed E-state index contributed by atoms with van der Waals surface area (Å²) in [6, 6.07) is 0. The highest BCUT2D eigenvalue weighted by Gasteiger charge is 2.27. The number of carboxylic acid groups (broad SMARTS) is 1. The predicted molar refractivity (Wildman–Crippen MR) is 69.0 cm³/mol. The van der Waals surface area contributed by atoms with Gasteiger partial charge in [-0.05, 0) is 25.2 Å². The summed E-state index contributed by atoms with van der Waals surface area (Å²) >= 11 is 1.29. The van der Waals surface area contributed by atoms with Crippen LogP contribution in [0.3, 0.4) is 0 Å². The molecule has 0 aliphatic carbocycles. The smallest absolute Gasteiger partial charge is 0.347 e. The van der Waals surface area contributed by atoms with Crippen molar-refractivity contribution in [2.24, 2.45) is 11.8 Å². The second-order valence-electron chi connectivity index (χ2n) is 4.95. The van der Waals surface area contributed by atoms with Crippen molar-refractivity contribution in [1.29, 1.82) is 0 Å². The van der Waals surface area contributed by atoms with Gasteiger partial charge in [-0.2, -0.15) is 0 Å². The molecule has 1 aromatic rings. The van der Waals surface area contributed by atoms with E-state index in [1.807, 2.05) is 0 Å². The normalized spacial score (nSPS) is 20.2. The lowest BCUT2D eigenvalue weighted by Crippen LogP contribution is -2.20. The third-order valence-electron chi connectivity index (χ3n) is 3.42. The molecule has 0 aromatic carbocycles. The number of carboxylic acids is 1. The zero-order chi connectivity index (χ0) is 12.6. The third kappa shape index (κ3) is 2.44. The zero-order valence-electron chi connectivity index (χ0n) is 10.4. The van der Waals surface area contributed by atoms with E-state index in [4.69, 9.17) is 5.11 Å². The van der Waals surface area contributed by atoms with Crippen LogP contribution in [0, 0.1) is 18.8 Å². The first-order chi connectivity index (χ1) is 7.99. The van der Waals surface area contributed by atoms with Crippen LogP contribution in [0.5, 0.6) is 0 Å². The molecule has 0 bridgehead atoms. The molecule has 1 aliphatic heterocycles. The monoisotopic (exact) mass is 254 g/mol. The van der Waals surface area contributed by atoms with Crippen molar-refractivity contribution >= 4 is 22.4 Å². The number of rotatable bonds is 3. The Bertz CT molecular complexity index is 428. The fourth-order valence-electron chi connectivity index (χ4n) is 2.22. The molecule has 0 radical (unpaired) electrons. The van der Waals surface area contributed by atoms with Crippen molar-refractivity contribution in [3.8, 4) is 0 Å². The minimum absolute atomic E-state index is 0.369. The van der Waals surface area contributed by atoms with E-state index in [1.54, 1.807) is 6.92 Å². The van der Waals surface area contributed by atoms with Crippen molar-refractivity contribution in [1.82, 2.24) is 4.98 Å². The Morgan fingerprint density at radius 2 is 2.29 bits per heavy atom. The van der Waals surface area contributed by atoms with Gasteiger partial charge < -0.3 is 10.0 Å². The van der Waals surface area contributed by atoms with Gasteiger partial charge in [0, 0.05) is 13.1 Å². The highest BCUT2D eigenvalue weighted by molar-refractivity contribution is 7.17. The highest BCUT2D eigenvalue weighted by atomic mass is 32.1. The van der Waals surface area contributed by atoms with Gasteiger partial charge in [-0.1, -0.05) is 25.2 Å². The summed E-state index contributed by atoms with van der Waals surface area (Å²) < 4.78 is 0. The van der Waals surface area contributed by atoms with Gasteiger partial charge in [0.05, 0.1) is 5.69 Å². The van der Waals surface area contributed by atoms with Crippen LogP contribution in [0.1, 0.15) is 35.6 Å². The fourth-order valence-corrected chi connectivity index (χ4v) is 3.16. The summed E-state index contributed by atoms with van der Waals surface area (Å²) in [7, 11) is 0. The summed E-state index contributed by atoms with van der Waals surface area (Å²) in [5, 5.41) is 9.88. The average molecular weight is 254 g/mol. The Morgan fingerprint density at radius 1 is 1.59 bits per heavy atom. The van der Waals surface area contributed by atoms with Gasteiger partial charge in [0.15, 0.2) is 5.13 Å². The molecule has 0 spiro atoms. The van der Waals surface area contributed by atoms with Gasteiger partial charge in [0.25, 0.3) is 0 Å². The van der Waals surface area contributed by atoms with Gasteiger partial charge in [-0.25, -0.2) is 9.78 Å². The molecule has 4 nitrogen and oxygen atoms in total. The Kier molecular flexibility index (Phi) is 3.38. The number of carbonyl (C=O) groups is 1. The van der Waals surface area contributed by atoms with E-state index in [9.17, 15) is 4.79 Å². The Balaban J connectivity index is 2.14. The number of aromatic carboxylic acids is 1. The molecule has 5 heteroatoms. The van der Waals surface area contributed by atoms with Crippen molar-refractivity contribution in [2.45, 2.75) is 27.2 Å². The van der Waals surface area contributed by atoms with Gasteiger partial charge in [-0.15, -0.1) is 0 Å². The molecule has 1 unspecified atom stereocenters. The molecule has 1 aromatic heterocycles. The maximum absolute atomic E-state index is 11.0. The lowest BCUT2D eigenvalue weighted by molar-refractivity contribution is 0.0701. The molecule has 0 amide bonds. The van der Waals surface area contributed by atoms with E-state index >= 15 is 0 Å². The summed E-state index contributed by atoms with van der Waals surface area (Å²) in [4.78, 5) is 17.9. The SMILES string of the molecule is Cc1nc(N2CCC(C(C)C)C2)sc1C(=O)O. The number of anilines is 1. The maximum atomic E-state index is 11.0. The third-order valence-corrected chi connectivity index (χ3v) is 4.62. The molecule has 0 saturated carbocycles. The van der Waals surface area contributed by atoms with Gasteiger partial charge in [0.1, 0.15) is 4.88 Å². The van der Waals surface area contributed by atoms with Crippen LogP contribution < -0.4 is 4.90 Å². The predicted octanol–water partition coefficient (Wildman–Crippen LogP) is 2.63. The molecule has 1 atom stereocenters. The van der Waals surface area contributed by atoms with Crippen molar-refractivity contribution in [3.05, 3.63) is 10.6 Å². The molecule has 1 N–H and O–H groups in total. The van der Waals surface area contributed by atoms with E-state index in [0.717, 1.165) is 18.2 Å². The largest absolute Gasteiger partial charge is 0.477 e. The topological polar surface area (TPSA) is 53.4 Å². The lowest BCUT2D eigenvalue weighted by atomic mass is 9.95. The first kappa shape index (κ1) is 12.4. The molecule has 1 fully saturated rings. The molecule has 94 valence electrons. The Hall–Kier alpha value is -1.10. The van der Waals surface area contributed by atoms with E-state index in [2.05, 4.69) is 23.7 Å². The maximum Gasteiger partial charge on any atom is 0.347 e. The zero-order valence-corrected chi connectivity index (χ0v) is 11.3. The minimum atomic E-state index is -0.870. The second-order valence-corrected chi connectivity index (χ2v) is 5.93. The van der Waals surface area contributed by atoms with Crippen LogP contribution in [0.4, 0.5) is 5.13 Å². The summed E-state index contributed by atoms with van der Waals surface area (Å²) in [5.41, 5.74) is 0.630. The average Bonchev–Trinajstić information content (AvgIpc) is 2.82. The molecular weight excluding hydrogens is 236 g/mol. The number of aryl methyl sites for hydroxylation is 1. The van der Waals surface area contributed by atoms with Gasteiger partial charge in [0.2, 0.25) is 0 Å². The Morgan fingerprint density at radius 3 is 2.76 bits per heavy atom. The lowest BCUT2D eigenvalue weighted by Gasteiger charge is -2.16. The number of thiazole rings is 1. The summed E-state index contributed by atoms with van der Waals surface area (Å²) in [6.07, 6.45) is 1.18. The molecule has 1 saturated heterocycles. The van der Waals surface area contributed by atoms with Crippen LogP contribution in [-0.2, 0) is 0 Å². The number of hydrogen-bond acceptors (Lipinski definition) is 4. The molecular formula is C12H18N2O2S. The van der Waals surface area contributed by atoms with E-state index in [0.29, 0.717) is 22.4 Å². The number of nitrogens with zero attached hydrogens (tertiary/aromatic N) is 2. The highest BCUT2D eigenvalue weighted by Crippen LogP contribution is 2.32. The molecule has 2 rings (SSSR count). The van der Waals surface area contributed by atoms with Crippen molar-refractivity contribution in [2.75, 3.05) is 18.0 Å². The van der Waals surface area contributed by atoms with E-state index in [1.165, 1.54) is 17.8 Å². The van der Waals surface area contributed by atoms with Crippen LogP contribution in [0.2, 0.25) is 0 Å². The van der Waals surface area contributed by atoms with Crippen molar-refractivity contribution in [3.63, 3.8) is 0 Å². The van der Waals surface area contributed by atoms with Crippen LogP contribution in [0.15, 0.2) is 0 Å². The second kappa shape index (κ2) is 4.64. The van der Waals surface area contributed by atoms with Crippen LogP contribution in [0.25, 0.3) is 0 Å². The summed E-state index contributed by atoms with van der Waals surface area (Å²) in [5.74, 6) is 0.512. The first-order valence-corrected chi connectivity index (χ1v) is 6.76. The summed E-state index contributed by atoms with van der Waals surface area (Å²) in [6.45, 7) is 8.24. The number of aromatic nitrogens is 1. The number of hydrogen-bond donors (Lipinski definition) is 1. The Labute approximate surface area is 105 Å². The van der Waals surface area contributed by atoms with Crippen LogP contribution >= 0.6 is 11.3 Å². The first-order valence-electron chi connectivity index (χ1n) is 5.94.